The summed E-state index contributed by atoms with van der Waals surface area (Å²) in [4.78, 5) is 0. The first-order valence-corrected chi connectivity index (χ1v) is 7.80. The average Bonchev–Trinajstić information content (AvgIpc) is 2.38. The predicted octanol–water partition coefficient (Wildman–Crippen LogP) is 3.45. The van der Waals surface area contributed by atoms with E-state index in [-0.39, 0.29) is 0 Å². The Kier molecular flexibility index (Phi) is 4.71. The molecule has 1 heterocycles. The topological polar surface area (TPSA) is 35.2 Å². The van der Waals surface area contributed by atoms with Gasteiger partial charge in [-0.2, -0.15) is 0 Å². The van der Waals surface area contributed by atoms with Crippen LogP contribution >= 0.6 is 0 Å². The predicted molar refractivity (Wildman–Crippen MR) is 76.4 cm³/mol. The Bertz CT molecular complexity index is 252. The van der Waals surface area contributed by atoms with Gasteiger partial charge in [0.1, 0.15) is 0 Å². The smallest absolute Gasteiger partial charge is 0.0468 e. The highest BCUT2D eigenvalue weighted by atomic mass is 16.5. The third kappa shape index (κ3) is 3.27. The molecule has 0 aromatic carbocycles. The summed E-state index contributed by atoms with van der Waals surface area (Å²) in [6.07, 6.45) is 6.65. The molecule has 2 aliphatic rings. The molecule has 0 amide bonds. The highest BCUT2D eigenvalue weighted by Crippen LogP contribution is 2.46. The maximum Gasteiger partial charge on any atom is 0.0468 e. The molecule has 2 nitrogen and oxygen atoms in total. The van der Waals surface area contributed by atoms with Crippen LogP contribution in [0.4, 0.5) is 0 Å². The van der Waals surface area contributed by atoms with Crippen molar-refractivity contribution in [3.8, 4) is 0 Å². The van der Waals surface area contributed by atoms with Gasteiger partial charge in [0, 0.05) is 13.2 Å². The second kappa shape index (κ2) is 5.92. The van der Waals surface area contributed by atoms with Crippen molar-refractivity contribution in [2.45, 2.75) is 52.9 Å². The van der Waals surface area contributed by atoms with Crippen molar-refractivity contribution in [2.24, 2.45) is 34.8 Å². The fraction of sp³-hybridized carbons (Fsp3) is 1.00. The van der Waals surface area contributed by atoms with E-state index in [1.807, 2.05) is 0 Å². The Labute approximate surface area is 113 Å². The lowest BCUT2D eigenvalue weighted by atomic mass is 9.61. The van der Waals surface area contributed by atoms with Gasteiger partial charge >= 0.3 is 0 Å². The van der Waals surface area contributed by atoms with Crippen LogP contribution in [0.5, 0.6) is 0 Å². The quantitative estimate of drug-likeness (QED) is 0.818. The summed E-state index contributed by atoms with van der Waals surface area (Å²) in [6, 6.07) is 0. The zero-order chi connectivity index (χ0) is 13.2. The van der Waals surface area contributed by atoms with E-state index in [0.29, 0.717) is 5.41 Å². The molecule has 18 heavy (non-hydrogen) atoms. The fourth-order valence-corrected chi connectivity index (χ4v) is 4.07. The van der Waals surface area contributed by atoms with Crippen molar-refractivity contribution in [1.82, 2.24) is 0 Å². The molecule has 1 aliphatic carbocycles. The summed E-state index contributed by atoms with van der Waals surface area (Å²) in [5.41, 5.74) is 6.48. The van der Waals surface area contributed by atoms with E-state index in [1.54, 1.807) is 0 Å². The molecule has 0 aromatic rings. The van der Waals surface area contributed by atoms with Crippen molar-refractivity contribution in [3.63, 3.8) is 0 Å². The molecule has 2 N–H and O–H groups in total. The van der Waals surface area contributed by atoms with Gasteiger partial charge in [0.25, 0.3) is 0 Å². The Morgan fingerprint density at radius 2 is 1.72 bits per heavy atom. The third-order valence-corrected chi connectivity index (χ3v) is 5.45. The van der Waals surface area contributed by atoms with E-state index >= 15 is 0 Å². The maximum atomic E-state index is 6.02. The van der Waals surface area contributed by atoms with Gasteiger partial charge in [-0.1, -0.05) is 20.8 Å². The van der Waals surface area contributed by atoms with Crippen molar-refractivity contribution in [1.29, 1.82) is 0 Å². The van der Waals surface area contributed by atoms with Crippen LogP contribution in [0.1, 0.15) is 52.9 Å². The van der Waals surface area contributed by atoms with E-state index < -0.39 is 0 Å². The number of ether oxygens (including phenoxy) is 1. The Balaban J connectivity index is 2.02. The molecule has 0 aromatic heterocycles. The van der Waals surface area contributed by atoms with Crippen molar-refractivity contribution in [2.75, 3.05) is 19.8 Å². The SMILES string of the molecule is CC(C)(C)C1CCC(CN)C(C2CCOCC2)C1. The first-order valence-electron chi connectivity index (χ1n) is 7.80. The van der Waals surface area contributed by atoms with Crippen LogP contribution in [0.2, 0.25) is 0 Å². The highest BCUT2D eigenvalue weighted by Gasteiger charge is 2.39. The Hall–Kier alpha value is -0.0800. The van der Waals surface area contributed by atoms with Gasteiger partial charge in [-0.25, -0.2) is 0 Å². The summed E-state index contributed by atoms with van der Waals surface area (Å²) in [5, 5.41) is 0. The molecule has 106 valence electrons. The standard InChI is InChI=1S/C16H31NO/c1-16(2,3)14-5-4-13(11-17)15(10-14)12-6-8-18-9-7-12/h12-15H,4-11,17H2,1-3H3. The third-order valence-electron chi connectivity index (χ3n) is 5.45. The van der Waals surface area contributed by atoms with Crippen molar-refractivity contribution < 1.29 is 4.74 Å². The van der Waals surface area contributed by atoms with Crippen LogP contribution in [0.25, 0.3) is 0 Å². The summed E-state index contributed by atoms with van der Waals surface area (Å²) in [6.45, 7) is 10.0. The van der Waals surface area contributed by atoms with Gasteiger partial charge in [0.2, 0.25) is 0 Å². The summed E-state index contributed by atoms with van der Waals surface area (Å²) < 4.78 is 5.52. The first-order chi connectivity index (χ1) is 8.52. The van der Waals surface area contributed by atoms with Crippen LogP contribution in [0.3, 0.4) is 0 Å². The minimum Gasteiger partial charge on any atom is -0.381 e. The van der Waals surface area contributed by atoms with E-state index in [4.69, 9.17) is 10.5 Å². The van der Waals surface area contributed by atoms with Crippen LogP contribution in [-0.2, 0) is 4.74 Å². The normalized spacial score (nSPS) is 35.7. The molecule has 1 saturated heterocycles. The molecule has 3 atom stereocenters. The molecule has 0 bridgehead atoms. The number of nitrogens with two attached hydrogens (primary N) is 1. The van der Waals surface area contributed by atoms with Gasteiger partial charge < -0.3 is 10.5 Å². The molecule has 1 saturated carbocycles. The second-order valence-corrected chi connectivity index (χ2v) is 7.49. The highest BCUT2D eigenvalue weighted by molar-refractivity contribution is 4.89. The van der Waals surface area contributed by atoms with Gasteiger partial charge in [-0.3, -0.25) is 0 Å². The molecule has 2 fully saturated rings. The molecular formula is C16H31NO. The van der Waals surface area contributed by atoms with Crippen molar-refractivity contribution in [3.05, 3.63) is 0 Å². The van der Waals surface area contributed by atoms with Gasteiger partial charge in [-0.05, 0) is 67.7 Å². The van der Waals surface area contributed by atoms with E-state index in [0.717, 1.165) is 43.4 Å². The second-order valence-electron chi connectivity index (χ2n) is 7.49. The summed E-state index contributed by atoms with van der Waals surface area (Å²) in [7, 11) is 0. The number of hydrogen-bond acceptors (Lipinski definition) is 2. The Morgan fingerprint density at radius 1 is 1.06 bits per heavy atom. The van der Waals surface area contributed by atoms with Crippen molar-refractivity contribution >= 4 is 0 Å². The molecule has 1 aliphatic heterocycles. The molecule has 3 unspecified atom stereocenters. The number of rotatable bonds is 2. The molecule has 0 radical (unpaired) electrons. The molecular weight excluding hydrogens is 222 g/mol. The maximum absolute atomic E-state index is 6.02. The first kappa shape index (κ1) is 14.3. The largest absolute Gasteiger partial charge is 0.381 e. The van der Waals surface area contributed by atoms with Crippen LogP contribution in [-0.4, -0.2) is 19.8 Å². The van der Waals surface area contributed by atoms with Gasteiger partial charge in [0.05, 0.1) is 0 Å². The van der Waals surface area contributed by atoms with Crippen LogP contribution < -0.4 is 5.73 Å². The molecule has 2 rings (SSSR count). The van der Waals surface area contributed by atoms with Gasteiger partial charge in [0.15, 0.2) is 0 Å². The summed E-state index contributed by atoms with van der Waals surface area (Å²) >= 11 is 0. The molecule has 0 spiro atoms. The molecule has 2 heteroatoms. The van der Waals surface area contributed by atoms with E-state index in [2.05, 4.69) is 20.8 Å². The lowest BCUT2D eigenvalue weighted by molar-refractivity contribution is 0.00201. The van der Waals surface area contributed by atoms with Gasteiger partial charge in [-0.15, -0.1) is 0 Å². The average molecular weight is 253 g/mol. The van der Waals surface area contributed by atoms with E-state index in [9.17, 15) is 0 Å². The lowest BCUT2D eigenvalue weighted by Crippen LogP contribution is -2.40. The van der Waals surface area contributed by atoms with Crippen LogP contribution in [0, 0.1) is 29.1 Å². The minimum atomic E-state index is 0.461. The minimum absolute atomic E-state index is 0.461. The zero-order valence-corrected chi connectivity index (χ0v) is 12.5. The Morgan fingerprint density at radius 3 is 2.28 bits per heavy atom. The number of hydrogen-bond donors (Lipinski definition) is 1. The monoisotopic (exact) mass is 253 g/mol. The van der Waals surface area contributed by atoms with E-state index in [1.165, 1.54) is 32.1 Å². The summed E-state index contributed by atoms with van der Waals surface area (Å²) in [5.74, 6) is 3.38. The lowest BCUT2D eigenvalue weighted by Gasteiger charge is -2.45. The zero-order valence-electron chi connectivity index (χ0n) is 12.5. The van der Waals surface area contributed by atoms with Crippen LogP contribution in [0.15, 0.2) is 0 Å². The fourth-order valence-electron chi connectivity index (χ4n) is 4.07.